The van der Waals surface area contributed by atoms with E-state index < -0.39 is 0 Å². The molecule has 0 aliphatic rings. The summed E-state index contributed by atoms with van der Waals surface area (Å²) in [5.41, 5.74) is 2.78. The fraction of sp³-hybridized carbons (Fsp3) is 0.538. The summed E-state index contributed by atoms with van der Waals surface area (Å²) >= 11 is 0. The topological polar surface area (TPSA) is 9.23 Å². The van der Waals surface area contributed by atoms with E-state index in [2.05, 4.69) is 32.9 Å². The van der Waals surface area contributed by atoms with Gasteiger partial charge in [0.1, 0.15) is 5.75 Å². The van der Waals surface area contributed by atoms with Crippen molar-refractivity contribution in [3.05, 3.63) is 29.3 Å². The molecule has 1 heteroatoms. The third-order valence-electron chi connectivity index (χ3n) is 2.82. The molecule has 0 saturated carbocycles. The van der Waals surface area contributed by atoms with E-state index in [1.54, 1.807) is 7.11 Å². The molecule has 14 heavy (non-hydrogen) atoms. The standard InChI is InChI=1S/C13H20O/c1-5-10(2)8-12-9-13(14-4)7-6-11(12)3/h6-7,9-10H,5,8H2,1-4H3/t10-/m1/s1. The average molecular weight is 192 g/mol. The fourth-order valence-corrected chi connectivity index (χ4v) is 1.51. The van der Waals surface area contributed by atoms with Gasteiger partial charge in [0.2, 0.25) is 0 Å². The molecule has 1 atom stereocenters. The molecule has 1 aromatic rings. The Hall–Kier alpha value is -0.980. The normalized spacial score (nSPS) is 12.6. The molecule has 1 nitrogen and oxygen atoms in total. The third-order valence-corrected chi connectivity index (χ3v) is 2.82. The maximum Gasteiger partial charge on any atom is 0.119 e. The van der Waals surface area contributed by atoms with Gasteiger partial charge in [0.25, 0.3) is 0 Å². The summed E-state index contributed by atoms with van der Waals surface area (Å²) in [5, 5.41) is 0. The SMILES string of the molecule is CC[C@@H](C)Cc1cc(OC)ccc1C. The molecular formula is C13H20O. The molecule has 1 aromatic carbocycles. The number of benzene rings is 1. The first-order chi connectivity index (χ1) is 6.67. The van der Waals surface area contributed by atoms with Crippen molar-refractivity contribution >= 4 is 0 Å². The highest BCUT2D eigenvalue weighted by Crippen LogP contribution is 2.20. The quantitative estimate of drug-likeness (QED) is 0.708. The third kappa shape index (κ3) is 2.76. The maximum atomic E-state index is 5.23. The van der Waals surface area contributed by atoms with Crippen LogP contribution in [0, 0.1) is 12.8 Å². The van der Waals surface area contributed by atoms with Crippen molar-refractivity contribution in [1.29, 1.82) is 0 Å². The van der Waals surface area contributed by atoms with Crippen LogP contribution in [0.1, 0.15) is 31.4 Å². The van der Waals surface area contributed by atoms with E-state index in [0.717, 1.165) is 18.1 Å². The molecule has 78 valence electrons. The van der Waals surface area contributed by atoms with Crippen LogP contribution in [-0.2, 0) is 6.42 Å². The van der Waals surface area contributed by atoms with E-state index in [-0.39, 0.29) is 0 Å². The van der Waals surface area contributed by atoms with Crippen LogP contribution in [0.15, 0.2) is 18.2 Å². The van der Waals surface area contributed by atoms with E-state index in [0.29, 0.717) is 0 Å². The zero-order valence-electron chi connectivity index (χ0n) is 9.63. The van der Waals surface area contributed by atoms with Gasteiger partial charge in [-0.25, -0.2) is 0 Å². The maximum absolute atomic E-state index is 5.23. The van der Waals surface area contributed by atoms with Crippen molar-refractivity contribution in [3.63, 3.8) is 0 Å². The van der Waals surface area contributed by atoms with E-state index in [1.807, 2.05) is 6.07 Å². The predicted octanol–water partition coefficient (Wildman–Crippen LogP) is 3.59. The Morgan fingerprint density at radius 1 is 1.36 bits per heavy atom. The molecule has 0 fully saturated rings. The van der Waals surface area contributed by atoms with Crippen LogP contribution in [0.4, 0.5) is 0 Å². The van der Waals surface area contributed by atoms with Crippen LogP contribution in [0.5, 0.6) is 5.75 Å². The number of hydrogen-bond acceptors (Lipinski definition) is 1. The van der Waals surface area contributed by atoms with Crippen LogP contribution in [0.2, 0.25) is 0 Å². The summed E-state index contributed by atoms with van der Waals surface area (Å²) in [7, 11) is 1.72. The van der Waals surface area contributed by atoms with Crippen LogP contribution in [0.3, 0.4) is 0 Å². The highest BCUT2D eigenvalue weighted by Gasteiger charge is 2.05. The molecular weight excluding hydrogens is 172 g/mol. The number of rotatable bonds is 4. The van der Waals surface area contributed by atoms with Crippen molar-refractivity contribution < 1.29 is 4.74 Å². The predicted molar refractivity (Wildman–Crippen MR) is 60.9 cm³/mol. The first kappa shape index (κ1) is 11.1. The second-order valence-electron chi connectivity index (χ2n) is 4.01. The largest absolute Gasteiger partial charge is 0.497 e. The van der Waals surface area contributed by atoms with Crippen LogP contribution < -0.4 is 4.74 Å². The second kappa shape index (κ2) is 5.04. The van der Waals surface area contributed by atoms with Gasteiger partial charge in [0, 0.05) is 0 Å². The first-order valence-electron chi connectivity index (χ1n) is 5.30. The Morgan fingerprint density at radius 3 is 2.64 bits per heavy atom. The van der Waals surface area contributed by atoms with E-state index in [4.69, 9.17) is 4.74 Å². The number of ether oxygens (including phenoxy) is 1. The first-order valence-corrected chi connectivity index (χ1v) is 5.30. The van der Waals surface area contributed by atoms with Gasteiger partial charge in [-0.05, 0) is 42.5 Å². The summed E-state index contributed by atoms with van der Waals surface area (Å²) in [6.45, 7) is 6.69. The minimum atomic E-state index is 0.751. The second-order valence-corrected chi connectivity index (χ2v) is 4.01. The van der Waals surface area contributed by atoms with Gasteiger partial charge >= 0.3 is 0 Å². The summed E-state index contributed by atoms with van der Waals surface area (Å²) in [4.78, 5) is 0. The lowest BCUT2D eigenvalue weighted by molar-refractivity contribution is 0.413. The average Bonchev–Trinajstić information content (AvgIpc) is 2.21. The Kier molecular flexibility index (Phi) is 3.99. The summed E-state index contributed by atoms with van der Waals surface area (Å²) < 4.78 is 5.23. The van der Waals surface area contributed by atoms with Crippen molar-refractivity contribution in [2.45, 2.75) is 33.6 Å². The molecule has 0 bridgehead atoms. The number of hydrogen-bond donors (Lipinski definition) is 0. The monoisotopic (exact) mass is 192 g/mol. The minimum Gasteiger partial charge on any atom is -0.497 e. The van der Waals surface area contributed by atoms with Crippen molar-refractivity contribution in [3.8, 4) is 5.75 Å². The van der Waals surface area contributed by atoms with Crippen molar-refractivity contribution in [2.75, 3.05) is 7.11 Å². The van der Waals surface area contributed by atoms with Gasteiger partial charge in [-0.1, -0.05) is 26.3 Å². The van der Waals surface area contributed by atoms with Gasteiger partial charge < -0.3 is 4.74 Å². The van der Waals surface area contributed by atoms with Gasteiger partial charge in [0.15, 0.2) is 0 Å². The highest BCUT2D eigenvalue weighted by molar-refractivity contribution is 5.35. The Labute approximate surface area is 87.1 Å². The zero-order chi connectivity index (χ0) is 10.6. The molecule has 0 spiro atoms. The molecule has 0 aliphatic carbocycles. The lowest BCUT2D eigenvalue weighted by atomic mass is 9.95. The van der Waals surface area contributed by atoms with Gasteiger partial charge in [-0.15, -0.1) is 0 Å². The molecule has 0 aliphatic heterocycles. The number of aryl methyl sites for hydroxylation is 1. The molecule has 0 amide bonds. The van der Waals surface area contributed by atoms with E-state index in [1.165, 1.54) is 17.5 Å². The lowest BCUT2D eigenvalue weighted by Crippen LogP contribution is -2.00. The van der Waals surface area contributed by atoms with E-state index in [9.17, 15) is 0 Å². The van der Waals surface area contributed by atoms with Crippen LogP contribution in [0.25, 0.3) is 0 Å². The van der Waals surface area contributed by atoms with Crippen molar-refractivity contribution in [2.24, 2.45) is 5.92 Å². The molecule has 1 rings (SSSR count). The van der Waals surface area contributed by atoms with Gasteiger partial charge in [-0.2, -0.15) is 0 Å². The minimum absolute atomic E-state index is 0.751. The Morgan fingerprint density at radius 2 is 2.07 bits per heavy atom. The van der Waals surface area contributed by atoms with Crippen molar-refractivity contribution in [1.82, 2.24) is 0 Å². The highest BCUT2D eigenvalue weighted by atomic mass is 16.5. The number of methoxy groups -OCH3 is 1. The zero-order valence-corrected chi connectivity index (χ0v) is 9.63. The molecule has 0 heterocycles. The van der Waals surface area contributed by atoms with Gasteiger partial charge in [-0.3, -0.25) is 0 Å². The molecule has 0 saturated heterocycles. The summed E-state index contributed by atoms with van der Waals surface area (Å²) in [5.74, 6) is 1.72. The molecule has 0 aromatic heterocycles. The Balaban J connectivity index is 2.83. The van der Waals surface area contributed by atoms with Crippen LogP contribution in [-0.4, -0.2) is 7.11 Å². The molecule has 0 radical (unpaired) electrons. The fourth-order valence-electron chi connectivity index (χ4n) is 1.51. The smallest absolute Gasteiger partial charge is 0.119 e. The summed E-state index contributed by atoms with van der Waals surface area (Å²) in [6, 6.07) is 6.31. The molecule has 0 unspecified atom stereocenters. The lowest BCUT2D eigenvalue weighted by Gasteiger charge is -2.12. The Bertz CT molecular complexity index is 291. The van der Waals surface area contributed by atoms with E-state index >= 15 is 0 Å². The summed E-state index contributed by atoms with van der Waals surface area (Å²) in [6.07, 6.45) is 2.39. The molecule has 0 N–H and O–H groups in total. The van der Waals surface area contributed by atoms with Gasteiger partial charge in [0.05, 0.1) is 7.11 Å². The van der Waals surface area contributed by atoms with Crippen LogP contribution >= 0.6 is 0 Å².